The van der Waals surface area contributed by atoms with Gasteiger partial charge in [-0.2, -0.15) is 0 Å². The molecule has 3 N–H and O–H groups in total. The average molecular weight is 497 g/mol. The van der Waals surface area contributed by atoms with Gasteiger partial charge < -0.3 is 15.6 Å². The molecule has 1 aromatic carbocycles. The van der Waals surface area contributed by atoms with E-state index in [4.69, 9.17) is 0 Å². The molecular formula is C20H28IN5S. The van der Waals surface area contributed by atoms with Gasteiger partial charge in [0.2, 0.25) is 0 Å². The maximum Gasteiger partial charge on any atom is 0.191 e. The number of H-pyrrole nitrogens is 1. The van der Waals surface area contributed by atoms with Crippen molar-refractivity contribution in [2.45, 2.75) is 33.1 Å². The molecule has 0 aliphatic rings. The molecule has 7 heteroatoms. The molecule has 0 fully saturated rings. The summed E-state index contributed by atoms with van der Waals surface area (Å²) >= 11 is 1.80. The topological polar surface area (TPSA) is 65.1 Å². The van der Waals surface area contributed by atoms with Gasteiger partial charge in [0.15, 0.2) is 5.96 Å². The minimum absolute atomic E-state index is 0. The molecule has 3 rings (SSSR count). The zero-order chi connectivity index (χ0) is 18.4. The van der Waals surface area contributed by atoms with Gasteiger partial charge in [0.1, 0.15) is 0 Å². The molecule has 0 bridgehead atoms. The number of aromatic amines is 1. The molecule has 5 nitrogen and oxygen atoms in total. The van der Waals surface area contributed by atoms with Gasteiger partial charge in [0.05, 0.1) is 5.01 Å². The third-order valence-electron chi connectivity index (χ3n) is 4.50. The van der Waals surface area contributed by atoms with Crippen molar-refractivity contribution in [1.29, 1.82) is 0 Å². The van der Waals surface area contributed by atoms with Gasteiger partial charge in [-0.3, -0.25) is 4.99 Å². The minimum Gasteiger partial charge on any atom is -0.358 e. The first kappa shape index (κ1) is 21.7. The fourth-order valence-corrected chi connectivity index (χ4v) is 3.96. The molecule has 0 amide bonds. The zero-order valence-corrected chi connectivity index (χ0v) is 19.3. The molecule has 0 spiro atoms. The Labute approximate surface area is 182 Å². The van der Waals surface area contributed by atoms with Crippen molar-refractivity contribution in [3.63, 3.8) is 0 Å². The number of aryl methyl sites for hydroxylation is 2. The van der Waals surface area contributed by atoms with Crippen molar-refractivity contribution in [3.05, 3.63) is 51.6 Å². The van der Waals surface area contributed by atoms with Crippen molar-refractivity contribution in [2.24, 2.45) is 4.99 Å². The number of hydrogen-bond acceptors (Lipinski definition) is 3. The number of rotatable bonds is 7. The summed E-state index contributed by atoms with van der Waals surface area (Å²) in [7, 11) is 1.81. The smallest absolute Gasteiger partial charge is 0.191 e. The van der Waals surface area contributed by atoms with Crippen LogP contribution in [-0.4, -0.2) is 36.1 Å². The average Bonchev–Trinajstić information content (AvgIpc) is 3.24. The van der Waals surface area contributed by atoms with Crippen LogP contribution in [0.3, 0.4) is 0 Å². The van der Waals surface area contributed by atoms with Gasteiger partial charge in [-0.1, -0.05) is 25.1 Å². The lowest BCUT2D eigenvalue weighted by molar-refractivity contribution is 0.782. The zero-order valence-electron chi connectivity index (χ0n) is 16.1. The Balaban J connectivity index is 0.00000261. The van der Waals surface area contributed by atoms with Crippen molar-refractivity contribution in [1.82, 2.24) is 20.6 Å². The number of halogens is 1. The Kier molecular flexibility index (Phi) is 8.56. The number of para-hydroxylation sites is 1. The second-order valence-corrected chi connectivity index (χ2v) is 7.47. The van der Waals surface area contributed by atoms with E-state index in [-0.39, 0.29) is 24.0 Å². The molecule has 0 saturated heterocycles. The quantitative estimate of drug-likeness (QED) is 0.262. The van der Waals surface area contributed by atoms with E-state index in [9.17, 15) is 0 Å². The molecule has 0 saturated carbocycles. The normalized spacial score (nSPS) is 11.4. The first-order valence-corrected chi connectivity index (χ1v) is 9.97. The van der Waals surface area contributed by atoms with Crippen LogP contribution in [0.2, 0.25) is 0 Å². The highest BCUT2D eigenvalue weighted by molar-refractivity contribution is 14.0. The van der Waals surface area contributed by atoms with Crippen LogP contribution in [0.25, 0.3) is 10.9 Å². The number of aliphatic imine (C=N–C) groups is 1. The molecule has 0 aliphatic carbocycles. The molecule has 3 aromatic rings. The molecule has 2 heterocycles. The fraction of sp³-hybridized carbons (Fsp3) is 0.400. The number of nitrogens with one attached hydrogen (secondary N) is 3. The Bertz CT molecular complexity index is 884. The standard InChI is InChI=1S/C20H27N5S.HI/c1-4-15-13-24-19(26-15)10-12-23-20(21-3)22-11-9-16-14(2)25-18-8-6-5-7-17(16)18;/h5-8,13,25H,4,9-12H2,1-3H3,(H2,21,22,23);1H. The van der Waals surface area contributed by atoms with E-state index in [0.29, 0.717) is 0 Å². The molecular weight excluding hydrogens is 469 g/mol. The van der Waals surface area contributed by atoms with Crippen LogP contribution in [0, 0.1) is 6.92 Å². The largest absolute Gasteiger partial charge is 0.358 e. The molecule has 27 heavy (non-hydrogen) atoms. The van der Waals surface area contributed by atoms with Crippen LogP contribution in [0.5, 0.6) is 0 Å². The number of guanidine groups is 1. The highest BCUT2D eigenvalue weighted by Crippen LogP contribution is 2.21. The van der Waals surface area contributed by atoms with E-state index >= 15 is 0 Å². The van der Waals surface area contributed by atoms with Gasteiger partial charge in [0, 0.05) is 54.2 Å². The molecule has 0 unspecified atom stereocenters. The third kappa shape index (κ3) is 5.68. The predicted molar refractivity (Wildman–Crippen MR) is 127 cm³/mol. The van der Waals surface area contributed by atoms with Gasteiger partial charge >= 0.3 is 0 Å². The molecule has 146 valence electrons. The SMILES string of the molecule is CCc1cnc(CCNC(=NC)NCCc2c(C)[nH]c3ccccc23)s1.I. The van der Waals surface area contributed by atoms with Crippen LogP contribution >= 0.6 is 35.3 Å². The minimum atomic E-state index is 0. The number of aromatic nitrogens is 2. The van der Waals surface area contributed by atoms with Gasteiger partial charge in [0.25, 0.3) is 0 Å². The Morgan fingerprint density at radius 1 is 1.19 bits per heavy atom. The number of thiazole rings is 1. The number of nitrogens with zero attached hydrogens (tertiary/aromatic N) is 2. The van der Waals surface area contributed by atoms with Crippen molar-refractivity contribution < 1.29 is 0 Å². The molecule has 2 aromatic heterocycles. The van der Waals surface area contributed by atoms with Gasteiger partial charge in [-0.05, 0) is 31.4 Å². The van der Waals surface area contributed by atoms with E-state index in [1.807, 2.05) is 13.2 Å². The van der Waals surface area contributed by atoms with Gasteiger partial charge in [-0.15, -0.1) is 35.3 Å². The maximum atomic E-state index is 4.46. The lowest BCUT2D eigenvalue weighted by Crippen LogP contribution is -2.39. The fourth-order valence-electron chi connectivity index (χ4n) is 3.10. The maximum absolute atomic E-state index is 4.46. The van der Waals surface area contributed by atoms with E-state index in [1.54, 1.807) is 11.3 Å². The summed E-state index contributed by atoms with van der Waals surface area (Å²) in [5, 5.41) is 9.28. The summed E-state index contributed by atoms with van der Waals surface area (Å²) in [5.41, 5.74) is 3.82. The van der Waals surface area contributed by atoms with E-state index in [1.165, 1.54) is 32.0 Å². The number of hydrogen-bond donors (Lipinski definition) is 3. The van der Waals surface area contributed by atoms with Crippen LogP contribution < -0.4 is 10.6 Å². The van der Waals surface area contributed by atoms with Crippen LogP contribution in [0.1, 0.15) is 28.1 Å². The summed E-state index contributed by atoms with van der Waals surface area (Å²) in [4.78, 5) is 13.6. The highest BCUT2D eigenvalue weighted by Gasteiger charge is 2.08. The van der Waals surface area contributed by atoms with E-state index in [0.717, 1.165) is 38.3 Å². The van der Waals surface area contributed by atoms with Crippen molar-refractivity contribution in [3.8, 4) is 0 Å². The first-order chi connectivity index (χ1) is 12.7. The Morgan fingerprint density at radius 2 is 1.93 bits per heavy atom. The molecule has 0 aliphatic heterocycles. The van der Waals surface area contributed by atoms with Crippen molar-refractivity contribution >= 4 is 52.2 Å². The van der Waals surface area contributed by atoms with E-state index < -0.39 is 0 Å². The summed E-state index contributed by atoms with van der Waals surface area (Å²) in [6.07, 6.45) is 4.92. The summed E-state index contributed by atoms with van der Waals surface area (Å²) in [6.45, 7) is 5.99. The highest BCUT2D eigenvalue weighted by atomic mass is 127. The summed E-state index contributed by atoms with van der Waals surface area (Å²) in [6, 6.07) is 8.47. The second kappa shape index (κ2) is 10.7. The monoisotopic (exact) mass is 497 g/mol. The molecule has 0 radical (unpaired) electrons. The number of fused-ring (bicyclic) bond motifs is 1. The molecule has 0 atom stereocenters. The lowest BCUT2D eigenvalue weighted by atomic mass is 10.1. The summed E-state index contributed by atoms with van der Waals surface area (Å²) in [5.74, 6) is 0.842. The second-order valence-electron chi connectivity index (χ2n) is 6.27. The predicted octanol–water partition coefficient (Wildman–Crippen LogP) is 4.06. The van der Waals surface area contributed by atoms with Crippen LogP contribution in [0.15, 0.2) is 35.5 Å². The number of benzene rings is 1. The van der Waals surface area contributed by atoms with E-state index in [2.05, 4.69) is 63.7 Å². The van der Waals surface area contributed by atoms with Crippen molar-refractivity contribution in [2.75, 3.05) is 20.1 Å². The first-order valence-electron chi connectivity index (χ1n) is 9.15. The third-order valence-corrected chi connectivity index (χ3v) is 5.70. The lowest BCUT2D eigenvalue weighted by Gasteiger charge is -2.11. The van der Waals surface area contributed by atoms with Gasteiger partial charge in [-0.25, -0.2) is 4.98 Å². The Morgan fingerprint density at radius 3 is 2.63 bits per heavy atom. The Hall–Kier alpha value is -1.61. The van der Waals surface area contributed by atoms with Crippen LogP contribution in [0.4, 0.5) is 0 Å². The van der Waals surface area contributed by atoms with Crippen LogP contribution in [-0.2, 0) is 19.3 Å². The summed E-state index contributed by atoms with van der Waals surface area (Å²) < 4.78 is 0.